The molecule has 0 aliphatic carbocycles. The molecule has 1 aromatic carbocycles. The van der Waals surface area contributed by atoms with Crippen molar-refractivity contribution in [3.8, 4) is 0 Å². The number of benzene rings is 1. The van der Waals surface area contributed by atoms with Crippen molar-refractivity contribution >= 4 is 11.9 Å². The van der Waals surface area contributed by atoms with E-state index >= 15 is 0 Å². The number of hydrogen-bond acceptors (Lipinski definition) is 3. The molecule has 0 bridgehead atoms. The average Bonchev–Trinajstić information content (AvgIpc) is 2.91. The van der Waals surface area contributed by atoms with Gasteiger partial charge in [-0.05, 0) is 57.4 Å². The van der Waals surface area contributed by atoms with Gasteiger partial charge < -0.3 is 10.0 Å². The van der Waals surface area contributed by atoms with Crippen LogP contribution in [-0.2, 0) is 11.3 Å². The summed E-state index contributed by atoms with van der Waals surface area (Å²) in [6.07, 6.45) is 1.31. The first kappa shape index (κ1) is 18.2. The van der Waals surface area contributed by atoms with Gasteiger partial charge in [-0.15, -0.1) is 0 Å². The van der Waals surface area contributed by atoms with Crippen LogP contribution < -0.4 is 0 Å². The fourth-order valence-corrected chi connectivity index (χ4v) is 3.58. The summed E-state index contributed by atoms with van der Waals surface area (Å²) in [5, 5.41) is 13.9. The lowest BCUT2D eigenvalue weighted by molar-refractivity contribution is -0.150. The van der Waals surface area contributed by atoms with Crippen molar-refractivity contribution in [2.45, 2.75) is 40.2 Å². The van der Waals surface area contributed by atoms with Gasteiger partial charge in [0.05, 0.1) is 17.7 Å². The van der Waals surface area contributed by atoms with E-state index in [4.69, 9.17) is 0 Å². The smallest absolute Gasteiger partial charge is 0.311 e. The number of aryl methyl sites for hydroxylation is 2. The highest BCUT2D eigenvalue weighted by Crippen LogP contribution is 2.30. The maximum Gasteiger partial charge on any atom is 0.311 e. The number of carboxylic acid groups (broad SMARTS) is 1. The van der Waals surface area contributed by atoms with Gasteiger partial charge in [-0.25, -0.2) is 0 Å². The predicted octanol–water partition coefficient (Wildman–Crippen LogP) is 2.88. The maximum absolute atomic E-state index is 12.9. The molecular formula is C20H25N3O3. The third-order valence-electron chi connectivity index (χ3n) is 5.11. The third-order valence-corrected chi connectivity index (χ3v) is 5.11. The highest BCUT2D eigenvalue weighted by Gasteiger charge is 2.39. The number of nitrogens with zero attached hydrogens (tertiary/aromatic N) is 3. The van der Waals surface area contributed by atoms with Gasteiger partial charge in [0.25, 0.3) is 5.91 Å². The number of aliphatic carboxylic acids is 1. The van der Waals surface area contributed by atoms with Gasteiger partial charge in [-0.1, -0.05) is 12.1 Å². The summed E-state index contributed by atoms with van der Waals surface area (Å²) in [6, 6.07) is 9.54. The fourth-order valence-electron chi connectivity index (χ4n) is 3.58. The number of aromatic nitrogens is 2. The molecule has 1 atom stereocenters. The molecule has 138 valence electrons. The van der Waals surface area contributed by atoms with Crippen LogP contribution in [0.3, 0.4) is 0 Å². The Bertz CT molecular complexity index is 843. The second kappa shape index (κ2) is 6.94. The van der Waals surface area contributed by atoms with E-state index in [9.17, 15) is 14.7 Å². The van der Waals surface area contributed by atoms with Gasteiger partial charge in [0.2, 0.25) is 0 Å². The number of piperidine rings is 1. The Morgan fingerprint density at radius 1 is 1.27 bits per heavy atom. The summed E-state index contributed by atoms with van der Waals surface area (Å²) in [6.45, 7) is 7.14. The van der Waals surface area contributed by atoms with Crippen molar-refractivity contribution in [3.63, 3.8) is 0 Å². The van der Waals surface area contributed by atoms with Gasteiger partial charge in [-0.3, -0.25) is 14.3 Å². The molecule has 6 heteroatoms. The molecule has 26 heavy (non-hydrogen) atoms. The Labute approximate surface area is 153 Å². The molecule has 1 amide bonds. The van der Waals surface area contributed by atoms with Gasteiger partial charge in [0.15, 0.2) is 0 Å². The second-order valence-electron chi connectivity index (χ2n) is 7.48. The largest absolute Gasteiger partial charge is 0.481 e. The van der Waals surface area contributed by atoms with E-state index in [1.807, 2.05) is 42.8 Å². The number of rotatable bonds is 4. The molecule has 0 radical (unpaired) electrons. The summed E-state index contributed by atoms with van der Waals surface area (Å²) in [5.74, 6) is -0.944. The maximum atomic E-state index is 12.9. The van der Waals surface area contributed by atoms with Crippen molar-refractivity contribution in [3.05, 3.63) is 52.8 Å². The average molecular weight is 355 g/mol. The molecule has 1 aromatic heterocycles. The highest BCUT2D eigenvalue weighted by atomic mass is 16.4. The van der Waals surface area contributed by atoms with Crippen LogP contribution in [-0.4, -0.2) is 44.8 Å². The standard InChI is InChI=1S/C20H25N3O3/c1-14-10-15(2)23(21-14)12-16-6-4-7-17(11-16)18(24)22-9-5-8-20(3,13-22)19(25)26/h4,6-7,10-11H,5,8-9,12-13H2,1-3H3,(H,25,26). The molecule has 6 nitrogen and oxygen atoms in total. The number of likely N-dealkylation sites (tertiary alicyclic amines) is 1. The first-order chi connectivity index (χ1) is 12.3. The zero-order valence-electron chi connectivity index (χ0n) is 15.5. The molecular weight excluding hydrogens is 330 g/mol. The summed E-state index contributed by atoms with van der Waals surface area (Å²) in [7, 11) is 0. The molecule has 0 saturated carbocycles. The topological polar surface area (TPSA) is 75.4 Å². The molecule has 1 saturated heterocycles. The Morgan fingerprint density at radius 2 is 2.04 bits per heavy atom. The van der Waals surface area contributed by atoms with Crippen molar-refractivity contribution in [2.24, 2.45) is 5.41 Å². The van der Waals surface area contributed by atoms with E-state index in [-0.39, 0.29) is 12.5 Å². The Balaban J connectivity index is 1.78. The molecule has 1 N–H and O–H groups in total. The van der Waals surface area contributed by atoms with Gasteiger partial charge >= 0.3 is 5.97 Å². The number of amides is 1. The molecule has 1 unspecified atom stereocenters. The number of carboxylic acids is 1. The van der Waals surface area contributed by atoms with Crippen LogP contribution in [0.2, 0.25) is 0 Å². The van der Waals surface area contributed by atoms with Crippen LogP contribution in [0.5, 0.6) is 0 Å². The summed E-state index contributed by atoms with van der Waals surface area (Å²) in [4.78, 5) is 26.1. The fraction of sp³-hybridized carbons (Fsp3) is 0.450. The quantitative estimate of drug-likeness (QED) is 0.915. The van der Waals surface area contributed by atoms with Crippen molar-refractivity contribution < 1.29 is 14.7 Å². The summed E-state index contributed by atoms with van der Waals surface area (Å²) >= 11 is 0. The van der Waals surface area contributed by atoms with Crippen LogP contribution >= 0.6 is 0 Å². The first-order valence-electron chi connectivity index (χ1n) is 8.91. The van der Waals surface area contributed by atoms with Crippen LogP contribution in [0.4, 0.5) is 0 Å². The SMILES string of the molecule is Cc1cc(C)n(Cc2cccc(C(=O)N3CCCC(C)(C(=O)O)C3)c2)n1. The van der Waals surface area contributed by atoms with Crippen LogP contribution in [0.15, 0.2) is 30.3 Å². The van der Waals surface area contributed by atoms with Gasteiger partial charge in [0.1, 0.15) is 0 Å². The zero-order valence-corrected chi connectivity index (χ0v) is 15.5. The van der Waals surface area contributed by atoms with E-state index in [1.54, 1.807) is 17.9 Å². The number of hydrogen-bond donors (Lipinski definition) is 1. The monoisotopic (exact) mass is 355 g/mol. The lowest BCUT2D eigenvalue weighted by Crippen LogP contribution is -2.48. The van der Waals surface area contributed by atoms with E-state index in [0.717, 1.165) is 17.0 Å². The van der Waals surface area contributed by atoms with E-state index < -0.39 is 11.4 Å². The van der Waals surface area contributed by atoms with Crippen LogP contribution in [0.1, 0.15) is 47.1 Å². The molecule has 1 aliphatic heterocycles. The molecule has 2 heterocycles. The van der Waals surface area contributed by atoms with Gasteiger partial charge in [-0.2, -0.15) is 5.10 Å². The lowest BCUT2D eigenvalue weighted by atomic mass is 9.82. The minimum absolute atomic E-state index is 0.104. The molecule has 0 spiro atoms. The van der Waals surface area contributed by atoms with Gasteiger partial charge in [0, 0.05) is 24.3 Å². The third kappa shape index (κ3) is 3.64. The van der Waals surface area contributed by atoms with E-state index in [2.05, 4.69) is 5.10 Å². The zero-order chi connectivity index (χ0) is 18.9. The predicted molar refractivity (Wildman–Crippen MR) is 98.1 cm³/mol. The minimum Gasteiger partial charge on any atom is -0.481 e. The van der Waals surface area contributed by atoms with Crippen molar-refractivity contribution in [1.29, 1.82) is 0 Å². The second-order valence-corrected chi connectivity index (χ2v) is 7.48. The normalized spacial score (nSPS) is 20.2. The van der Waals surface area contributed by atoms with Crippen LogP contribution in [0.25, 0.3) is 0 Å². The van der Waals surface area contributed by atoms with E-state index in [1.165, 1.54) is 0 Å². The molecule has 2 aromatic rings. The molecule has 1 aliphatic rings. The van der Waals surface area contributed by atoms with Crippen molar-refractivity contribution in [2.75, 3.05) is 13.1 Å². The van der Waals surface area contributed by atoms with Crippen molar-refractivity contribution in [1.82, 2.24) is 14.7 Å². The Hall–Kier alpha value is -2.63. The van der Waals surface area contributed by atoms with E-state index in [0.29, 0.717) is 31.5 Å². The first-order valence-corrected chi connectivity index (χ1v) is 8.91. The molecule has 1 fully saturated rings. The minimum atomic E-state index is -0.866. The highest BCUT2D eigenvalue weighted by molar-refractivity contribution is 5.95. The summed E-state index contributed by atoms with van der Waals surface area (Å²) < 4.78 is 1.92. The lowest BCUT2D eigenvalue weighted by Gasteiger charge is -2.37. The van der Waals surface area contributed by atoms with Crippen LogP contribution in [0, 0.1) is 19.3 Å². The Kier molecular flexibility index (Phi) is 4.85. The Morgan fingerprint density at radius 3 is 2.69 bits per heavy atom. The summed E-state index contributed by atoms with van der Waals surface area (Å²) in [5.41, 5.74) is 2.78. The molecule has 3 rings (SSSR count). The number of carbonyl (C=O) groups is 2. The number of carbonyl (C=O) groups excluding carboxylic acids is 1.